The Kier molecular flexibility index (Phi) is 6.93. The van der Waals surface area contributed by atoms with Gasteiger partial charge in [-0.3, -0.25) is 9.59 Å². The summed E-state index contributed by atoms with van der Waals surface area (Å²) in [5.74, 6) is 0.917. The van der Waals surface area contributed by atoms with E-state index in [0.717, 1.165) is 6.42 Å². The van der Waals surface area contributed by atoms with Crippen molar-refractivity contribution < 1.29 is 19.1 Å². The molecule has 1 fully saturated rings. The van der Waals surface area contributed by atoms with Crippen LogP contribution in [0.2, 0.25) is 5.02 Å². The maximum atomic E-state index is 12.6. The molecule has 1 aliphatic heterocycles. The topological polar surface area (TPSA) is 67.9 Å². The van der Waals surface area contributed by atoms with Gasteiger partial charge in [0.2, 0.25) is 11.8 Å². The summed E-state index contributed by atoms with van der Waals surface area (Å²) in [5, 5.41) is 3.31. The Balaban J connectivity index is 2.00. The molecule has 2 rings (SSSR count). The predicted octanol–water partition coefficient (Wildman–Crippen LogP) is 3.33. The zero-order chi connectivity index (χ0) is 18.4. The number of halogens is 1. The SMILES string of the molecule is CCCC(=O)N1CCC(C(=O)Nc2cc(OC)c(Cl)cc2OC)CC1. The number of nitrogens with zero attached hydrogens (tertiary/aromatic N) is 1. The molecule has 0 aliphatic carbocycles. The first-order valence-electron chi connectivity index (χ1n) is 8.50. The molecule has 0 unspecified atom stereocenters. The first-order valence-corrected chi connectivity index (χ1v) is 8.88. The number of amides is 2. The van der Waals surface area contributed by atoms with Gasteiger partial charge in [-0.25, -0.2) is 0 Å². The van der Waals surface area contributed by atoms with Crippen LogP contribution in [0.3, 0.4) is 0 Å². The molecule has 1 aromatic carbocycles. The lowest BCUT2D eigenvalue weighted by molar-refractivity contribution is -0.134. The zero-order valence-corrected chi connectivity index (χ0v) is 15.7. The summed E-state index contributed by atoms with van der Waals surface area (Å²) in [6.07, 6.45) is 2.73. The molecule has 25 heavy (non-hydrogen) atoms. The van der Waals surface area contributed by atoms with Crippen molar-refractivity contribution in [2.45, 2.75) is 32.6 Å². The molecule has 0 spiro atoms. The molecule has 0 atom stereocenters. The predicted molar refractivity (Wildman–Crippen MR) is 97.4 cm³/mol. The molecule has 138 valence electrons. The minimum absolute atomic E-state index is 0.0785. The highest BCUT2D eigenvalue weighted by Crippen LogP contribution is 2.36. The molecule has 7 heteroatoms. The number of hydrogen-bond acceptors (Lipinski definition) is 4. The summed E-state index contributed by atoms with van der Waals surface area (Å²) in [5.41, 5.74) is 0.526. The summed E-state index contributed by atoms with van der Waals surface area (Å²) in [7, 11) is 3.04. The van der Waals surface area contributed by atoms with Gasteiger partial charge in [-0.15, -0.1) is 0 Å². The lowest BCUT2D eigenvalue weighted by Gasteiger charge is -2.31. The Morgan fingerprint density at radius 2 is 1.84 bits per heavy atom. The van der Waals surface area contributed by atoms with Crippen molar-refractivity contribution in [1.29, 1.82) is 0 Å². The monoisotopic (exact) mass is 368 g/mol. The van der Waals surface area contributed by atoms with Crippen molar-refractivity contribution in [2.75, 3.05) is 32.6 Å². The number of likely N-dealkylation sites (tertiary alicyclic amines) is 1. The fourth-order valence-electron chi connectivity index (χ4n) is 2.96. The molecule has 1 aliphatic rings. The Labute approximate surface area is 153 Å². The smallest absolute Gasteiger partial charge is 0.227 e. The molecule has 1 heterocycles. The van der Waals surface area contributed by atoms with E-state index < -0.39 is 0 Å². The largest absolute Gasteiger partial charge is 0.495 e. The summed E-state index contributed by atoms with van der Waals surface area (Å²) in [6, 6.07) is 3.26. The van der Waals surface area contributed by atoms with Gasteiger partial charge < -0.3 is 19.7 Å². The van der Waals surface area contributed by atoms with Crippen LogP contribution >= 0.6 is 11.6 Å². The summed E-state index contributed by atoms with van der Waals surface area (Å²) >= 11 is 6.08. The Bertz CT molecular complexity index is 628. The lowest BCUT2D eigenvalue weighted by Crippen LogP contribution is -2.41. The fourth-order valence-corrected chi connectivity index (χ4v) is 3.19. The van der Waals surface area contributed by atoms with Crippen LogP contribution in [-0.4, -0.2) is 44.0 Å². The molecule has 1 saturated heterocycles. The number of ether oxygens (including phenoxy) is 2. The standard InChI is InChI=1S/C18H25ClN2O4/c1-4-5-17(22)21-8-6-12(7-9-21)18(23)20-14-11-15(24-2)13(19)10-16(14)25-3/h10-12H,4-9H2,1-3H3,(H,20,23). The van der Waals surface area contributed by atoms with E-state index in [0.29, 0.717) is 54.6 Å². The quantitative estimate of drug-likeness (QED) is 0.836. The van der Waals surface area contributed by atoms with Crippen LogP contribution in [0, 0.1) is 5.92 Å². The maximum Gasteiger partial charge on any atom is 0.227 e. The molecule has 1 N–H and O–H groups in total. The highest BCUT2D eigenvalue weighted by atomic mass is 35.5. The second-order valence-corrected chi connectivity index (χ2v) is 6.49. The van der Waals surface area contributed by atoms with E-state index in [1.54, 1.807) is 12.1 Å². The van der Waals surface area contributed by atoms with Gasteiger partial charge in [-0.1, -0.05) is 18.5 Å². The van der Waals surface area contributed by atoms with Crippen LogP contribution in [0.5, 0.6) is 11.5 Å². The lowest BCUT2D eigenvalue weighted by atomic mass is 9.95. The van der Waals surface area contributed by atoms with Gasteiger partial charge in [0, 0.05) is 37.6 Å². The highest BCUT2D eigenvalue weighted by molar-refractivity contribution is 6.32. The van der Waals surface area contributed by atoms with Crippen LogP contribution in [0.25, 0.3) is 0 Å². The Morgan fingerprint density at radius 3 is 2.40 bits per heavy atom. The number of piperidine rings is 1. The number of benzene rings is 1. The Hall–Kier alpha value is -1.95. The molecule has 6 nitrogen and oxygen atoms in total. The van der Waals surface area contributed by atoms with E-state index in [1.807, 2.05) is 11.8 Å². The van der Waals surface area contributed by atoms with Crippen molar-refractivity contribution in [1.82, 2.24) is 4.90 Å². The highest BCUT2D eigenvalue weighted by Gasteiger charge is 2.27. The molecular weight excluding hydrogens is 344 g/mol. The average molecular weight is 369 g/mol. The van der Waals surface area contributed by atoms with E-state index >= 15 is 0 Å². The number of carbonyl (C=O) groups excluding carboxylic acids is 2. The van der Waals surface area contributed by atoms with Crippen molar-refractivity contribution in [3.05, 3.63) is 17.2 Å². The number of anilines is 1. The maximum absolute atomic E-state index is 12.6. The number of rotatable bonds is 6. The first kappa shape index (κ1) is 19.4. The van der Waals surface area contributed by atoms with Crippen molar-refractivity contribution in [3.63, 3.8) is 0 Å². The molecule has 0 saturated carbocycles. The minimum Gasteiger partial charge on any atom is -0.495 e. The second kappa shape index (κ2) is 8.94. The van der Waals surface area contributed by atoms with E-state index in [2.05, 4.69) is 5.32 Å². The molecule has 0 radical (unpaired) electrons. The molecule has 0 bridgehead atoms. The van der Waals surface area contributed by atoms with E-state index in [-0.39, 0.29) is 17.7 Å². The van der Waals surface area contributed by atoms with Crippen molar-refractivity contribution in [2.24, 2.45) is 5.92 Å². The summed E-state index contributed by atoms with van der Waals surface area (Å²) < 4.78 is 10.5. The van der Waals surface area contributed by atoms with Gasteiger partial charge in [0.25, 0.3) is 0 Å². The Morgan fingerprint density at radius 1 is 1.20 bits per heavy atom. The van der Waals surface area contributed by atoms with Gasteiger partial charge in [0.05, 0.1) is 24.9 Å². The van der Waals surface area contributed by atoms with Gasteiger partial charge in [0.15, 0.2) is 0 Å². The van der Waals surface area contributed by atoms with Crippen LogP contribution in [0.15, 0.2) is 12.1 Å². The third kappa shape index (κ3) is 4.78. The first-order chi connectivity index (χ1) is 12.0. The number of carbonyl (C=O) groups is 2. The number of hydrogen-bond donors (Lipinski definition) is 1. The number of nitrogens with one attached hydrogen (secondary N) is 1. The third-order valence-electron chi connectivity index (χ3n) is 4.41. The summed E-state index contributed by atoms with van der Waals surface area (Å²) in [4.78, 5) is 26.4. The fraction of sp³-hybridized carbons (Fsp3) is 0.556. The van der Waals surface area contributed by atoms with Crippen LogP contribution < -0.4 is 14.8 Å². The second-order valence-electron chi connectivity index (χ2n) is 6.08. The van der Waals surface area contributed by atoms with Gasteiger partial charge in [0.1, 0.15) is 11.5 Å². The molecular formula is C18H25ClN2O4. The van der Waals surface area contributed by atoms with Gasteiger partial charge in [-0.05, 0) is 19.3 Å². The van der Waals surface area contributed by atoms with E-state index in [1.165, 1.54) is 14.2 Å². The minimum atomic E-state index is -0.128. The molecule has 2 amide bonds. The third-order valence-corrected chi connectivity index (χ3v) is 4.71. The summed E-state index contributed by atoms with van der Waals surface area (Å²) in [6.45, 7) is 3.24. The average Bonchev–Trinajstić information content (AvgIpc) is 2.63. The van der Waals surface area contributed by atoms with Crippen LogP contribution in [0.4, 0.5) is 5.69 Å². The molecule has 0 aromatic heterocycles. The molecule has 1 aromatic rings. The zero-order valence-electron chi connectivity index (χ0n) is 14.9. The number of methoxy groups -OCH3 is 2. The van der Waals surface area contributed by atoms with E-state index in [4.69, 9.17) is 21.1 Å². The normalized spacial score (nSPS) is 15.0. The van der Waals surface area contributed by atoms with Crippen LogP contribution in [-0.2, 0) is 9.59 Å². The van der Waals surface area contributed by atoms with Crippen molar-refractivity contribution >= 4 is 29.1 Å². The van der Waals surface area contributed by atoms with Crippen LogP contribution in [0.1, 0.15) is 32.6 Å². The van der Waals surface area contributed by atoms with E-state index in [9.17, 15) is 9.59 Å². The van der Waals surface area contributed by atoms with Gasteiger partial charge in [-0.2, -0.15) is 0 Å². The van der Waals surface area contributed by atoms with Crippen molar-refractivity contribution in [3.8, 4) is 11.5 Å². The van der Waals surface area contributed by atoms with Gasteiger partial charge >= 0.3 is 0 Å².